The predicted octanol–water partition coefficient (Wildman–Crippen LogP) is -4.58. The molecule has 0 unspecified atom stereocenters. The normalized spacial score (nSPS) is 15.8. The summed E-state index contributed by atoms with van der Waals surface area (Å²) in [7, 11) is 2.19. The summed E-state index contributed by atoms with van der Waals surface area (Å²) in [4.78, 5) is 177. The summed E-state index contributed by atoms with van der Waals surface area (Å²) in [6, 6.07) is -9.82. The second-order valence-electron chi connectivity index (χ2n) is 14.0. The average molecular weight is 907 g/mol. The maximum atomic E-state index is 13.9. The van der Waals surface area contributed by atoms with Crippen molar-refractivity contribution >= 4 is 82.9 Å². The van der Waals surface area contributed by atoms with Gasteiger partial charge in [0.25, 0.3) is 23.6 Å². The summed E-state index contributed by atoms with van der Waals surface area (Å²) in [5.41, 5.74) is 0. The highest BCUT2D eigenvalue weighted by atomic mass is 16.5. The standard InChI is InChI=1S/C38H50N8O18/c1-19(37(59)60)41-33(55)21(9-15-29(53)63-3)43-23(47)7-5-17-39-35(57)31(45-25(49)11-12-26(45)50)32(46-27(51)13-14-28(46)52)36(58)40-18-6-8-24(48)44-22(10-16-30(54)64-4)34(56)42-20(2)38(61)62/h11-14,19-22,31-32H,5-10,15-18H2,1-4H3,(H,39,57)(H,40,58)(H,41,55)(H,42,56)(H,43,47)(H,44,48)(H,59,60)(H,61,62)/t19-,20-,21-,22-,31-,32-/m0/s1. The van der Waals surface area contributed by atoms with Crippen molar-refractivity contribution in [3.05, 3.63) is 24.3 Å². The van der Waals surface area contributed by atoms with E-state index in [1.807, 2.05) is 0 Å². The molecule has 0 fully saturated rings. The first kappa shape index (κ1) is 52.6. The summed E-state index contributed by atoms with van der Waals surface area (Å²) >= 11 is 0. The van der Waals surface area contributed by atoms with Crippen molar-refractivity contribution in [2.24, 2.45) is 0 Å². The van der Waals surface area contributed by atoms with Crippen molar-refractivity contribution in [1.82, 2.24) is 41.7 Å². The first-order chi connectivity index (χ1) is 30.1. The Labute approximate surface area is 364 Å². The number of ether oxygens (including phenoxy) is 2. The minimum atomic E-state index is -2.19. The third-order valence-corrected chi connectivity index (χ3v) is 9.33. The van der Waals surface area contributed by atoms with Crippen LogP contribution in [0.5, 0.6) is 0 Å². The van der Waals surface area contributed by atoms with Crippen LogP contribution in [-0.4, -0.2) is 167 Å². The first-order valence-corrected chi connectivity index (χ1v) is 19.6. The molecule has 0 spiro atoms. The van der Waals surface area contributed by atoms with E-state index in [2.05, 4.69) is 41.4 Å². The number of nitrogens with one attached hydrogen (secondary N) is 6. The van der Waals surface area contributed by atoms with Crippen LogP contribution < -0.4 is 31.9 Å². The number of hydrogen-bond donors (Lipinski definition) is 8. The van der Waals surface area contributed by atoms with E-state index in [-0.39, 0.29) is 51.6 Å². The molecule has 26 nitrogen and oxygen atoms in total. The molecule has 0 saturated heterocycles. The summed E-state index contributed by atoms with van der Waals surface area (Å²) in [5, 5.41) is 32.1. The fourth-order valence-electron chi connectivity index (χ4n) is 5.86. The van der Waals surface area contributed by atoms with Crippen LogP contribution >= 0.6 is 0 Å². The number of esters is 2. The molecule has 2 aliphatic heterocycles. The molecule has 0 aromatic heterocycles. The van der Waals surface area contributed by atoms with E-state index in [1.54, 1.807) is 0 Å². The van der Waals surface area contributed by atoms with Crippen LogP contribution in [0, 0.1) is 0 Å². The zero-order valence-corrected chi connectivity index (χ0v) is 35.2. The van der Waals surface area contributed by atoms with Gasteiger partial charge in [-0.05, 0) is 39.5 Å². The summed E-state index contributed by atoms with van der Waals surface area (Å²) in [6.07, 6.45) is 0.747. The van der Waals surface area contributed by atoms with Gasteiger partial charge in [0.1, 0.15) is 36.3 Å². The topological polar surface area (TPSA) is 377 Å². The Bertz CT molecular complexity index is 1780. The Balaban J connectivity index is 2.21. The van der Waals surface area contributed by atoms with Gasteiger partial charge >= 0.3 is 23.9 Å². The van der Waals surface area contributed by atoms with Gasteiger partial charge in [-0.2, -0.15) is 0 Å². The number of amides is 10. The zero-order chi connectivity index (χ0) is 48.3. The Morgan fingerprint density at radius 3 is 1.11 bits per heavy atom. The highest BCUT2D eigenvalue weighted by Gasteiger charge is 2.50. The first-order valence-electron chi connectivity index (χ1n) is 19.6. The molecule has 2 heterocycles. The van der Waals surface area contributed by atoms with Crippen molar-refractivity contribution in [3.8, 4) is 0 Å². The van der Waals surface area contributed by atoms with Crippen LogP contribution in [0.3, 0.4) is 0 Å². The minimum absolute atomic E-state index is 0.187. The van der Waals surface area contributed by atoms with Gasteiger partial charge in [0.15, 0.2) is 0 Å². The second kappa shape index (κ2) is 25.4. The molecule has 0 aliphatic carbocycles. The number of imide groups is 2. The lowest BCUT2D eigenvalue weighted by molar-refractivity contribution is -0.156. The number of carboxylic acids is 2. The number of hydrogen-bond acceptors (Lipinski definition) is 16. The number of carbonyl (C=O) groups is 14. The lowest BCUT2D eigenvalue weighted by Gasteiger charge is -2.35. The van der Waals surface area contributed by atoms with E-state index >= 15 is 0 Å². The summed E-state index contributed by atoms with van der Waals surface area (Å²) in [5.74, 6) is -14.4. The highest BCUT2D eigenvalue weighted by Crippen LogP contribution is 2.21. The van der Waals surface area contributed by atoms with Crippen molar-refractivity contribution in [2.75, 3.05) is 27.3 Å². The maximum Gasteiger partial charge on any atom is 0.325 e. The Morgan fingerprint density at radius 2 is 0.828 bits per heavy atom. The molecule has 0 saturated carbocycles. The lowest BCUT2D eigenvalue weighted by atomic mass is 10.0. The molecule has 10 amide bonds. The van der Waals surface area contributed by atoms with Crippen LogP contribution in [0.4, 0.5) is 0 Å². The van der Waals surface area contributed by atoms with Crippen molar-refractivity contribution in [3.63, 3.8) is 0 Å². The third-order valence-electron chi connectivity index (χ3n) is 9.33. The second-order valence-corrected chi connectivity index (χ2v) is 14.0. The van der Waals surface area contributed by atoms with Gasteiger partial charge in [0, 0.05) is 63.1 Å². The number of aliphatic carboxylic acids is 2. The monoisotopic (exact) mass is 906 g/mol. The van der Waals surface area contributed by atoms with Crippen LogP contribution in [0.1, 0.15) is 65.2 Å². The number of carbonyl (C=O) groups excluding carboxylic acids is 12. The molecule has 2 rings (SSSR count). The predicted molar refractivity (Wildman–Crippen MR) is 211 cm³/mol. The fourth-order valence-corrected chi connectivity index (χ4v) is 5.86. The van der Waals surface area contributed by atoms with Crippen LogP contribution in [0.15, 0.2) is 24.3 Å². The Kier molecular flexibility index (Phi) is 20.9. The third kappa shape index (κ3) is 16.1. The molecule has 0 bridgehead atoms. The smallest absolute Gasteiger partial charge is 0.325 e. The van der Waals surface area contributed by atoms with E-state index in [0.717, 1.165) is 38.5 Å². The largest absolute Gasteiger partial charge is 0.480 e. The molecule has 0 aromatic rings. The number of carboxylic acid groups (broad SMARTS) is 2. The molecule has 350 valence electrons. The highest BCUT2D eigenvalue weighted by molar-refractivity contribution is 6.19. The quantitative estimate of drug-likeness (QED) is 0.0218. The molecule has 8 N–H and O–H groups in total. The molecule has 0 radical (unpaired) electrons. The van der Waals surface area contributed by atoms with Crippen LogP contribution in [0.2, 0.25) is 0 Å². The van der Waals surface area contributed by atoms with Gasteiger partial charge in [-0.15, -0.1) is 0 Å². The maximum absolute atomic E-state index is 13.9. The van der Waals surface area contributed by atoms with Crippen molar-refractivity contribution in [1.29, 1.82) is 0 Å². The van der Waals surface area contributed by atoms with E-state index in [4.69, 9.17) is 10.2 Å². The van der Waals surface area contributed by atoms with Gasteiger partial charge in [-0.25, -0.2) is 0 Å². The molecular weight excluding hydrogens is 856 g/mol. The Hall–Kier alpha value is -7.54. The summed E-state index contributed by atoms with van der Waals surface area (Å²) in [6.45, 7) is 1.56. The average Bonchev–Trinajstić information content (AvgIpc) is 3.75. The van der Waals surface area contributed by atoms with Gasteiger partial charge < -0.3 is 51.6 Å². The fraction of sp³-hybridized carbons (Fsp3) is 0.526. The number of rotatable bonds is 27. The molecular formula is C38H50N8O18. The van der Waals surface area contributed by atoms with Crippen LogP contribution in [-0.2, 0) is 76.6 Å². The lowest BCUT2D eigenvalue weighted by Crippen LogP contribution is -2.66. The zero-order valence-electron chi connectivity index (χ0n) is 35.2. The van der Waals surface area contributed by atoms with E-state index in [1.165, 1.54) is 13.8 Å². The number of nitrogens with zero attached hydrogens (tertiary/aromatic N) is 2. The van der Waals surface area contributed by atoms with E-state index < -0.39 is 132 Å². The van der Waals surface area contributed by atoms with E-state index in [0.29, 0.717) is 9.80 Å². The SMILES string of the molecule is COC(=O)CC[C@H](NC(=O)CCCNC(=O)[C@H]([C@@H](C(=O)NCCCC(=O)N[C@@H](CCC(=O)OC)C(=O)N[C@@H](C)C(=O)O)N1C(=O)C=CC1=O)N1C(=O)C=CC1=O)C(=O)N[C@@H](C)C(=O)O. The minimum Gasteiger partial charge on any atom is -0.480 e. The Morgan fingerprint density at radius 1 is 0.516 bits per heavy atom. The van der Waals surface area contributed by atoms with E-state index in [9.17, 15) is 67.1 Å². The molecule has 2 aliphatic rings. The van der Waals surface area contributed by atoms with Gasteiger partial charge in [0.2, 0.25) is 35.4 Å². The molecule has 26 heteroatoms. The van der Waals surface area contributed by atoms with Gasteiger partial charge in [-0.3, -0.25) is 76.9 Å². The van der Waals surface area contributed by atoms with Crippen molar-refractivity contribution < 1.29 is 86.8 Å². The molecule has 6 atom stereocenters. The van der Waals surface area contributed by atoms with Crippen LogP contribution in [0.25, 0.3) is 0 Å². The van der Waals surface area contributed by atoms with Gasteiger partial charge in [0.05, 0.1) is 14.2 Å². The van der Waals surface area contributed by atoms with Crippen molar-refractivity contribution in [2.45, 2.75) is 101 Å². The molecule has 0 aromatic carbocycles. The number of methoxy groups -OCH3 is 2. The summed E-state index contributed by atoms with van der Waals surface area (Å²) < 4.78 is 9.09. The molecule has 64 heavy (non-hydrogen) atoms. The van der Waals surface area contributed by atoms with Gasteiger partial charge in [-0.1, -0.05) is 0 Å².